The number of hydrogen-bond donors (Lipinski definition) is 2. The van der Waals surface area contributed by atoms with Crippen LogP contribution in [-0.4, -0.2) is 25.9 Å². The van der Waals surface area contributed by atoms with Gasteiger partial charge in [0.15, 0.2) is 0 Å². The summed E-state index contributed by atoms with van der Waals surface area (Å²) in [5, 5.41) is 2.75. The van der Waals surface area contributed by atoms with Crippen molar-refractivity contribution in [2.45, 2.75) is 0 Å². The average molecular weight is 283 g/mol. The van der Waals surface area contributed by atoms with E-state index in [-0.39, 0.29) is 5.91 Å². The van der Waals surface area contributed by atoms with E-state index in [1.54, 1.807) is 36.4 Å². The Labute approximate surface area is 123 Å². The first kappa shape index (κ1) is 14.6. The summed E-state index contributed by atoms with van der Waals surface area (Å²) >= 11 is 0. The molecule has 0 radical (unpaired) electrons. The maximum atomic E-state index is 12.2. The number of carbonyl (C=O) groups excluding carboxylic acids is 2. The van der Waals surface area contributed by atoms with Crippen molar-refractivity contribution < 1.29 is 9.59 Å². The Hall–Kier alpha value is -2.82. The van der Waals surface area contributed by atoms with Crippen LogP contribution in [0.4, 0.5) is 11.4 Å². The van der Waals surface area contributed by atoms with Gasteiger partial charge in [-0.15, -0.1) is 0 Å². The van der Waals surface area contributed by atoms with Gasteiger partial charge in [-0.25, -0.2) is 0 Å². The van der Waals surface area contributed by atoms with Crippen LogP contribution in [0.5, 0.6) is 0 Å². The van der Waals surface area contributed by atoms with E-state index >= 15 is 0 Å². The Kier molecular flexibility index (Phi) is 4.23. The second-order valence-corrected chi connectivity index (χ2v) is 4.84. The van der Waals surface area contributed by atoms with Crippen LogP contribution in [0.1, 0.15) is 20.7 Å². The minimum atomic E-state index is -0.527. The van der Waals surface area contributed by atoms with Gasteiger partial charge in [-0.05, 0) is 36.4 Å². The number of amides is 2. The molecule has 0 aliphatic heterocycles. The van der Waals surface area contributed by atoms with E-state index < -0.39 is 5.91 Å². The molecule has 2 aromatic rings. The fourth-order valence-electron chi connectivity index (χ4n) is 1.88. The van der Waals surface area contributed by atoms with Crippen molar-refractivity contribution in [3.8, 4) is 0 Å². The molecule has 0 spiro atoms. The standard InChI is InChI=1S/C16H17N3O2/c1-19(2)14-8-4-6-12(10-14)16(21)18-13-7-3-5-11(9-13)15(17)20/h3-10H,1-2H3,(H2,17,20)(H,18,21). The second-order valence-electron chi connectivity index (χ2n) is 4.84. The van der Waals surface area contributed by atoms with Crippen LogP contribution in [0.2, 0.25) is 0 Å². The summed E-state index contributed by atoms with van der Waals surface area (Å²) in [5.74, 6) is -0.763. The monoisotopic (exact) mass is 283 g/mol. The molecule has 0 atom stereocenters. The molecule has 0 aliphatic carbocycles. The molecule has 2 rings (SSSR count). The van der Waals surface area contributed by atoms with Gasteiger partial charge in [0, 0.05) is 36.6 Å². The van der Waals surface area contributed by atoms with Crippen LogP contribution < -0.4 is 16.0 Å². The molecule has 3 N–H and O–H groups in total. The van der Waals surface area contributed by atoms with Crippen LogP contribution in [0.25, 0.3) is 0 Å². The highest BCUT2D eigenvalue weighted by atomic mass is 16.2. The Morgan fingerprint density at radius 2 is 1.67 bits per heavy atom. The van der Waals surface area contributed by atoms with Gasteiger partial charge < -0.3 is 16.0 Å². The first-order valence-electron chi connectivity index (χ1n) is 6.46. The van der Waals surface area contributed by atoms with E-state index in [1.807, 2.05) is 31.1 Å². The van der Waals surface area contributed by atoms with Gasteiger partial charge in [0.1, 0.15) is 0 Å². The van der Waals surface area contributed by atoms with Crippen molar-refractivity contribution in [3.63, 3.8) is 0 Å². The zero-order valence-corrected chi connectivity index (χ0v) is 12.0. The molecule has 21 heavy (non-hydrogen) atoms. The molecule has 2 amide bonds. The SMILES string of the molecule is CN(C)c1cccc(C(=O)Nc2cccc(C(N)=O)c2)c1. The summed E-state index contributed by atoms with van der Waals surface area (Å²) < 4.78 is 0. The van der Waals surface area contributed by atoms with Crippen LogP contribution in [-0.2, 0) is 0 Å². The number of nitrogens with one attached hydrogen (secondary N) is 1. The Morgan fingerprint density at radius 1 is 1.00 bits per heavy atom. The maximum absolute atomic E-state index is 12.2. The molecule has 0 unspecified atom stereocenters. The van der Waals surface area contributed by atoms with Crippen molar-refractivity contribution in [1.29, 1.82) is 0 Å². The van der Waals surface area contributed by atoms with Gasteiger partial charge in [0.05, 0.1) is 0 Å². The normalized spacial score (nSPS) is 10.0. The summed E-state index contributed by atoms with van der Waals surface area (Å²) in [4.78, 5) is 25.3. The maximum Gasteiger partial charge on any atom is 0.255 e. The highest BCUT2D eigenvalue weighted by molar-refractivity contribution is 6.05. The van der Waals surface area contributed by atoms with Gasteiger partial charge in [0.25, 0.3) is 5.91 Å². The third-order valence-corrected chi connectivity index (χ3v) is 3.03. The predicted molar refractivity (Wildman–Crippen MR) is 83.7 cm³/mol. The van der Waals surface area contributed by atoms with Crippen molar-refractivity contribution in [3.05, 3.63) is 59.7 Å². The predicted octanol–water partition coefficient (Wildman–Crippen LogP) is 2.10. The number of nitrogens with zero attached hydrogens (tertiary/aromatic N) is 1. The number of benzene rings is 2. The second kappa shape index (κ2) is 6.09. The largest absolute Gasteiger partial charge is 0.378 e. The lowest BCUT2D eigenvalue weighted by atomic mass is 10.1. The topological polar surface area (TPSA) is 75.4 Å². The van der Waals surface area contributed by atoms with Crippen molar-refractivity contribution in [2.24, 2.45) is 5.73 Å². The highest BCUT2D eigenvalue weighted by Crippen LogP contribution is 2.16. The minimum Gasteiger partial charge on any atom is -0.378 e. The van der Waals surface area contributed by atoms with Crippen molar-refractivity contribution in [2.75, 3.05) is 24.3 Å². The number of nitrogens with two attached hydrogens (primary N) is 1. The number of rotatable bonds is 4. The molecule has 0 aliphatic rings. The Morgan fingerprint density at radius 3 is 2.33 bits per heavy atom. The lowest BCUT2D eigenvalue weighted by Gasteiger charge is -2.13. The number of anilines is 2. The van der Waals surface area contributed by atoms with Crippen LogP contribution in [0.3, 0.4) is 0 Å². The lowest BCUT2D eigenvalue weighted by molar-refractivity contribution is 0.0996. The highest BCUT2D eigenvalue weighted by Gasteiger charge is 2.08. The lowest BCUT2D eigenvalue weighted by Crippen LogP contribution is -2.15. The number of carbonyl (C=O) groups is 2. The first-order valence-corrected chi connectivity index (χ1v) is 6.46. The van der Waals surface area contributed by atoms with Crippen LogP contribution in [0.15, 0.2) is 48.5 Å². The Bertz CT molecular complexity index is 681. The number of hydrogen-bond acceptors (Lipinski definition) is 3. The molecule has 0 bridgehead atoms. The molecule has 5 heteroatoms. The smallest absolute Gasteiger partial charge is 0.255 e. The Balaban J connectivity index is 2.20. The molecule has 0 saturated heterocycles. The first-order chi connectivity index (χ1) is 9.97. The molecule has 108 valence electrons. The minimum absolute atomic E-state index is 0.236. The average Bonchev–Trinajstić information content (AvgIpc) is 2.47. The zero-order chi connectivity index (χ0) is 15.4. The molecule has 0 heterocycles. The summed E-state index contributed by atoms with van der Waals surface area (Å²) in [6, 6.07) is 13.8. The van der Waals surface area contributed by atoms with E-state index in [1.165, 1.54) is 0 Å². The van der Waals surface area contributed by atoms with Gasteiger partial charge in [-0.1, -0.05) is 12.1 Å². The summed E-state index contributed by atoms with van der Waals surface area (Å²) in [6.07, 6.45) is 0. The van der Waals surface area contributed by atoms with E-state index in [0.717, 1.165) is 5.69 Å². The zero-order valence-electron chi connectivity index (χ0n) is 12.0. The van der Waals surface area contributed by atoms with Crippen molar-refractivity contribution >= 4 is 23.2 Å². The van der Waals surface area contributed by atoms with Gasteiger partial charge in [0.2, 0.25) is 5.91 Å². The van der Waals surface area contributed by atoms with Crippen LogP contribution in [0, 0.1) is 0 Å². The molecular weight excluding hydrogens is 266 g/mol. The van der Waals surface area contributed by atoms with Gasteiger partial charge >= 0.3 is 0 Å². The summed E-state index contributed by atoms with van der Waals surface area (Å²) in [7, 11) is 3.82. The summed E-state index contributed by atoms with van der Waals surface area (Å²) in [6.45, 7) is 0. The van der Waals surface area contributed by atoms with E-state index in [4.69, 9.17) is 5.73 Å². The molecular formula is C16H17N3O2. The number of primary amides is 1. The quantitative estimate of drug-likeness (QED) is 0.902. The van der Waals surface area contributed by atoms with E-state index in [2.05, 4.69) is 5.32 Å². The van der Waals surface area contributed by atoms with E-state index in [9.17, 15) is 9.59 Å². The van der Waals surface area contributed by atoms with E-state index in [0.29, 0.717) is 16.8 Å². The molecule has 5 nitrogen and oxygen atoms in total. The van der Waals surface area contributed by atoms with Crippen LogP contribution >= 0.6 is 0 Å². The molecule has 0 fully saturated rings. The third-order valence-electron chi connectivity index (χ3n) is 3.03. The fourth-order valence-corrected chi connectivity index (χ4v) is 1.88. The van der Waals surface area contributed by atoms with Gasteiger partial charge in [-0.2, -0.15) is 0 Å². The fraction of sp³-hybridized carbons (Fsp3) is 0.125. The third kappa shape index (κ3) is 3.60. The van der Waals surface area contributed by atoms with Gasteiger partial charge in [-0.3, -0.25) is 9.59 Å². The molecule has 0 saturated carbocycles. The van der Waals surface area contributed by atoms with Crippen molar-refractivity contribution in [1.82, 2.24) is 0 Å². The molecule has 0 aromatic heterocycles. The molecule has 2 aromatic carbocycles. The summed E-state index contributed by atoms with van der Waals surface area (Å²) in [5.41, 5.74) is 7.60.